The molecule has 1 aromatic carbocycles. The predicted molar refractivity (Wildman–Crippen MR) is 88.8 cm³/mol. The molecule has 0 aromatic heterocycles. The molecule has 3 heteroatoms. The molecule has 118 valence electrons. The lowest BCUT2D eigenvalue weighted by Crippen LogP contribution is -2.54. The van der Waals surface area contributed by atoms with Gasteiger partial charge in [0.1, 0.15) is 5.75 Å². The van der Waals surface area contributed by atoms with Crippen molar-refractivity contribution in [3.8, 4) is 5.75 Å². The first kappa shape index (κ1) is 16.3. The van der Waals surface area contributed by atoms with Gasteiger partial charge in [-0.05, 0) is 62.9 Å². The third kappa shape index (κ3) is 3.78. The molecular weight excluding hydrogens is 260 g/mol. The molecule has 0 aliphatic carbocycles. The highest BCUT2D eigenvalue weighted by atomic mass is 16.3. The molecule has 1 atom stereocenters. The molecule has 0 bridgehead atoms. The SMILES string of the molecule is CC[C@H]1CN(Cc2c(C)cc(O)cc2C)CCN1C(C)C. The number of piperazine rings is 1. The fraction of sp³-hybridized carbons (Fsp3) is 0.667. The summed E-state index contributed by atoms with van der Waals surface area (Å²) in [5, 5.41) is 9.68. The Hall–Kier alpha value is -1.06. The Bertz CT molecular complexity index is 461. The summed E-state index contributed by atoms with van der Waals surface area (Å²) < 4.78 is 0. The third-order valence-electron chi connectivity index (χ3n) is 4.81. The van der Waals surface area contributed by atoms with E-state index in [4.69, 9.17) is 0 Å². The molecule has 1 fully saturated rings. The van der Waals surface area contributed by atoms with Gasteiger partial charge in [0.2, 0.25) is 0 Å². The van der Waals surface area contributed by atoms with Gasteiger partial charge in [0, 0.05) is 38.3 Å². The molecule has 1 heterocycles. The van der Waals surface area contributed by atoms with Crippen molar-refractivity contribution in [1.82, 2.24) is 9.80 Å². The van der Waals surface area contributed by atoms with E-state index in [9.17, 15) is 5.11 Å². The molecule has 1 aliphatic rings. The molecule has 3 nitrogen and oxygen atoms in total. The Morgan fingerprint density at radius 2 is 1.81 bits per heavy atom. The summed E-state index contributed by atoms with van der Waals surface area (Å²) in [6.07, 6.45) is 1.21. The maximum atomic E-state index is 9.68. The van der Waals surface area contributed by atoms with Crippen LogP contribution in [0.5, 0.6) is 5.75 Å². The monoisotopic (exact) mass is 290 g/mol. The lowest BCUT2D eigenvalue weighted by atomic mass is 10.0. The van der Waals surface area contributed by atoms with E-state index in [1.165, 1.54) is 23.1 Å². The highest BCUT2D eigenvalue weighted by molar-refractivity contribution is 5.40. The fourth-order valence-electron chi connectivity index (χ4n) is 3.56. The second kappa shape index (κ2) is 6.80. The summed E-state index contributed by atoms with van der Waals surface area (Å²) in [6, 6.07) is 5.05. The van der Waals surface area contributed by atoms with E-state index in [2.05, 4.69) is 44.4 Å². The van der Waals surface area contributed by atoms with E-state index in [0.717, 1.165) is 26.2 Å². The van der Waals surface area contributed by atoms with E-state index >= 15 is 0 Å². The molecular formula is C18H30N2O. The molecule has 1 N–H and O–H groups in total. The van der Waals surface area contributed by atoms with Crippen molar-refractivity contribution in [3.63, 3.8) is 0 Å². The van der Waals surface area contributed by atoms with Crippen molar-refractivity contribution in [2.75, 3.05) is 19.6 Å². The largest absolute Gasteiger partial charge is 0.508 e. The number of rotatable bonds is 4. The molecule has 2 rings (SSSR count). The van der Waals surface area contributed by atoms with Crippen LogP contribution in [0.15, 0.2) is 12.1 Å². The van der Waals surface area contributed by atoms with Crippen molar-refractivity contribution >= 4 is 0 Å². The van der Waals surface area contributed by atoms with Crippen LogP contribution < -0.4 is 0 Å². The zero-order chi connectivity index (χ0) is 15.6. The molecule has 1 aliphatic heterocycles. The summed E-state index contributed by atoms with van der Waals surface area (Å²) in [5.74, 6) is 0.379. The van der Waals surface area contributed by atoms with E-state index in [1.54, 1.807) is 0 Å². The van der Waals surface area contributed by atoms with Crippen LogP contribution in [0.25, 0.3) is 0 Å². The minimum absolute atomic E-state index is 0.379. The van der Waals surface area contributed by atoms with Gasteiger partial charge >= 0.3 is 0 Å². The van der Waals surface area contributed by atoms with Gasteiger partial charge in [-0.3, -0.25) is 9.80 Å². The van der Waals surface area contributed by atoms with E-state index in [0.29, 0.717) is 17.8 Å². The van der Waals surface area contributed by atoms with Gasteiger partial charge in [0.05, 0.1) is 0 Å². The van der Waals surface area contributed by atoms with Gasteiger partial charge in [-0.2, -0.15) is 0 Å². The number of phenols is 1. The molecule has 0 saturated carbocycles. The lowest BCUT2D eigenvalue weighted by Gasteiger charge is -2.43. The zero-order valence-corrected chi connectivity index (χ0v) is 14.2. The smallest absolute Gasteiger partial charge is 0.116 e. The minimum Gasteiger partial charge on any atom is -0.508 e. The van der Waals surface area contributed by atoms with Crippen LogP contribution in [0, 0.1) is 13.8 Å². The summed E-state index contributed by atoms with van der Waals surface area (Å²) in [6.45, 7) is 15.5. The molecule has 0 unspecified atom stereocenters. The lowest BCUT2D eigenvalue weighted by molar-refractivity contribution is 0.0455. The van der Waals surface area contributed by atoms with Crippen LogP contribution in [0.1, 0.15) is 43.9 Å². The Morgan fingerprint density at radius 1 is 1.19 bits per heavy atom. The number of aromatic hydroxyl groups is 1. The first-order valence-electron chi connectivity index (χ1n) is 8.19. The van der Waals surface area contributed by atoms with Crippen molar-refractivity contribution < 1.29 is 5.11 Å². The van der Waals surface area contributed by atoms with Gasteiger partial charge < -0.3 is 5.11 Å². The normalized spacial score (nSPS) is 21.1. The predicted octanol–water partition coefficient (Wildman–Crippen LogP) is 3.31. The first-order valence-corrected chi connectivity index (χ1v) is 8.19. The molecule has 0 radical (unpaired) electrons. The van der Waals surface area contributed by atoms with Gasteiger partial charge in [-0.15, -0.1) is 0 Å². The van der Waals surface area contributed by atoms with Gasteiger partial charge in [0.25, 0.3) is 0 Å². The van der Waals surface area contributed by atoms with E-state index in [1.807, 2.05) is 12.1 Å². The van der Waals surface area contributed by atoms with Crippen LogP contribution in [0.3, 0.4) is 0 Å². The number of phenolic OH excluding ortho intramolecular Hbond substituents is 1. The summed E-state index contributed by atoms with van der Waals surface area (Å²) in [7, 11) is 0. The van der Waals surface area contributed by atoms with Crippen LogP contribution in [0.2, 0.25) is 0 Å². The molecule has 0 spiro atoms. The van der Waals surface area contributed by atoms with Gasteiger partial charge in [-0.1, -0.05) is 6.92 Å². The maximum Gasteiger partial charge on any atom is 0.116 e. The number of hydrogen-bond donors (Lipinski definition) is 1. The Morgan fingerprint density at radius 3 is 2.33 bits per heavy atom. The third-order valence-corrected chi connectivity index (χ3v) is 4.81. The average Bonchev–Trinajstić information content (AvgIpc) is 2.42. The molecule has 1 saturated heterocycles. The van der Waals surface area contributed by atoms with Crippen LogP contribution >= 0.6 is 0 Å². The van der Waals surface area contributed by atoms with Crippen molar-refractivity contribution in [2.45, 2.75) is 59.7 Å². The van der Waals surface area contributed by atoms with Crippen molar-refractivity contribution in [3.05, 3.63) is 28.8 Å². The van der Waals surface area contributed by atoms with Crippen LogP contribution in [-0.4, -0.2) is 46.6 Å². The fourth-order valence-corrected chi connectivity index (χ4v) is 3.56. The summed E-state index contributed by atoms with van der Waals surface area (Å²) in [5.41, 5.74) is 3.78. The molecule has 1 aromatic rings. The van der Waals surface area contributed by atoms with E-state index in [-0.39, 0.29) is 0 Å². The Kier molecular flexibility index (Phi) is 5.28. The number of nitrogens with zero attached hydrogens (tertiary/aromatic N) is 2. The highest BCUT2D eigenvalue weighted by Gasteiger charge is 2.27. The second-order valence-electron chi connectivity index (χ2n) is 6.69. The zero-order valence-electron chi connectivity index (χ0n) is 14.2. The second-order valence-corrected chi connectivity index (χ2v) is 6.69. The maximum absolute atomic E-state index is 9.68. The Labute approximate surface area is 129 Å². The van der Waals surface area contributed by atoms with Gasteiger partial charge in [0.15, 0.2) is 0 Å². The number of aryl methyl sites for hydroxylation is 2. The number of hydrogen-bond acceptors (Lipinski definition) is 3. The Balaban J connectivity index is 2.08. The minimum atomic E-state index is 0.379. The summed E-state index contributed by atoms with van der Waals surface area (Å²) in [4.78, 5) is 5.20. The number of benzene rings is 1. The molecule has 0 amide bonds. The van der Waals surface area contributed by atoms with Crippen molar-refractivity contribution in [2.24, 2.45) is 0 Å². The topological polar surface area (TPSA) is 26.7 Å². The first-order chi connectivity index (χ1) is 9.92. The van der Waals surface area contributed by atoms with Gasteiger partial charge in [-0.25, -0.2) is 0 Å². The van der Waals surface area contributed by atoms with E-state index < -0.39 is 0 Å². The van der Waals surface area contributed by atoms with Crippen LogP contribution in [0.4, 0.5) is 0 Å². The highest BCUT2D eigenvalue weighted by Crippen LogP contribution is 2.24. The standard InChI is InChI=1S/C18H30N2O/c1-6-16-11-19(7-8-20(16)13(2)3)12-18-14(4)9-17(21)10-15(18)5/h9-10,13,16,21H,6-8,11-12H2,1-5H3/t16-/m0/s1. The summed E-state index contributed by atoms with van der Waals surface area (Å²) >= 11 is 0. The van der Waals surface area contributed by atoms with Crippen molar-refractivity contribution in [1.29, 1.82) is 0 Å². The quantitative estimate of drug-likeness (QED) is 0.921. The average molecular weight is 290 g/mol. The van der Waals surface area contributed by atoms with Crippen LogP contribution in [-0.2, 0) is 6.54 Å². The molecule has 21 heavy (non-hydrogen) atoms.